The zero-order valence-corrected chi connectivity index (χ0v) is 55.6. The monoisotopic (exact) mass is 1310 g/mol. The van der Waals surface area contributed by atoms with Gasteiger partial charge >= 0.3 is 22.1 Å². The average Bonchev–Trinajstić information content (AvgIpc) is 0.757. The van der Waals surface area contributed by atoms with Crippen molar-refractivity contribution in [1.82, 2.24) is 0 Å². The molecule has 12 aromatic carbocycles. The molecule has 96 heavy (non-hydrogen) atoms. The Kier molecular flexibility index (Phi) is 17.7. The van der Waals surface area contributed by atoms with Gasteiger partial charge in [-0.1, -0.05) is 189 Å². The number of fused-ring (bicyclic) bond motifs is 9. The molecule has 0 aliphatic carbocycles. The average molecular weight is 1310 g/mol. The fourth-order valence-electron chi connectivity index (χ4n) is 12.7. The summed E-state index contributed by atoms with van der Waals surface area (Å²) >= 11 is 0. The van der Waals surface area contributed by atoms with Gasteiger partial charge in [0.2, 0.25) is 0 Å². The molecule has 0 saturated carbocycles. The van der Waals surface area contributed by atoms with Crippen LogP contribution in [-0.4, -0.2) is 0 Å². The number of hydrogen-bond acceptors (Lipinski definition) is 9. The van der Waals surface area contributed by atoms with Crippen molar-refractivity contribution >= 4 is 53.9 Å². The Labute approximate surface area is 560 Å². The number of ether oxygens (including phenoxy) is 3. The van der Waals surface area contributed by atoms with Crippen LogP contribution in [0.1, 0.15) is 46.7 Å². The largest absolute Gasteiger partial charge is 0.457 e. The maximum atomic E-state index is 15.3. The second kappa shape index (κ2) is 27.0. The molecule has 0 aromatic heterocycles. The van der Waals surface area contributed by atoms with Crippen LogP contribution in [0.3, 0.4) is 0 Å². The summed E-state index contributed by atoms with van der Waals surface area (Å²) in [5.41, 5.74) is 10.7. The third-order valence-electron chi connectivity index (χ3n) is 17.4. The normalized spacial score (nSPS) is 16.6. The van der Waals surface area contributed by atoms with E-state index in [0.717, 1.165) is 73.2 Å². The van der Waals surface area contributed by atoms with E-state index in [0.29, 0.717) is 109 Å². The van der Waals surface area contributed by atoms with Crippen molar-refractivity contribution in [3.8, 4) is 85.1 Å². The lowest BCUT2D eigenvalue weighted by molar-refractivity contribution is 0.463. The number of benzene rings is 12. The van der Waals surface area contributed by atoms with E-state index in [-0.39, 0.29) is 0 Å². The van der Waals surface area contributed by atoms with Crippen LogP contribution in [0.4, 0.5) is 0 Å². The fourth-order valence-corrected chi connectivity index (χ4v) is 19.5. The summed E-state index contributed by atoms with van der Waals surface area (Å²) in [6.07, 6.45) is 8.50. The lowest BCUT2D eigenvalue weighted by Crippen LogP contribution is -2.25. The molecule has 0 amide bonds. The van der Waals surface area contributed by atoms with Crippen LogP contribution in [0.2, 0.25) is 0 Å². The molecule has 12 heteroatoms. The number of rotatable bonds is 18. The highest BCUT2D eigenvalue weighted by molar-refractivity contribution is 7.76. The molecule has 472 valence electrons. The van der Waals surface area contributed by atoms with E-state index in [1.54, 1.807) is 0 Å². The minimum Gasteiger partial charge on any atom is -0.457 e. The summed E-state index contributed by atoms with van der Waals surface area (Å²) in [6, 6.07) is 86.8. The summed E-state index contributed by atoms with van der Waals surface area (Å²) in [5.74, 6) is 5.28. The van der Waals surface area contributed by atoms with Crippen molar-refractivity contribution in [2.24, 2.45) is 0 Å². The number of hydrogen-bond donors (Lipinski definition) is 0. The van der Waals surface area contributed by atoms with Crippen molar-refractivity contribution in [2.45, 2.75) is 39.0 Å². The first-order chi connectivity index (χ1) is 47.0. The molecule has 0 fully saturated rings. The van der Waals surface area contributed by atoms with Gasteiger partial charge in [0.15, 0.2) is 0 Å². The maximum Gasteiger partial charge on any atom is 0.307 e. The van der Waals surface area contributed by atoms with Crippen molar-refractivity contribution < 1.29 is 41.5 Å². The van der Waals surface area contributed by atoms with E-state index < -0.39 is 22.1 Å². The molecule has 0 spiro atoms. The topological polar surface area (TPSA) is 107 Å². The van der Waals surface area contributed by atoms with Crippen molar-refractivity contribution in [3.05, 3.63) is 344 Å². The maximum absolute atomic E-state index is 15.3. The van der Waals surface area contributed by atoms with E-state index in [1.165, 1.54) is 0 Å². The number of allylic oxidation sites excluding steroid dienone is 3. The van der Waals surface area contributed by atoms with Gasteiger partial charge < -0.3 is 27.8 Å². The molecular formula is C84H67O9P3. The van der Waals surface area contributed by atoms with E-state index in [4.69, 9.17) is 27.8 Å². The minimum atomic E-state index is -3.61. The molecule has 3 aliphatic rings. The highest BCUT2D eigenvalue weighted by atomic mass is 31.2. The SMILES string of the molecule is C=CCC.C=CCc1cccc(Cc2cccc(Cc3cccc(CC=C)c3Oc3ccc(P4(=O)Oc5ccccc5-c5ccccc54)cc3)c2Oc2ccc(P3(=O)Oc4ccccc4-c4ccccc43)cc2)c1Oc1ccc(P2(=O)Oc3ccccc3-c3ccccc32)cc1. The summed E-state index contributed by atoms with van der Waals surface area (Å²) in [6.45, 7) is 13.8. The lowest BCUT2D eigenvalue weighted by Gasteiger charge is -2.29. The van der Waals surface area contributed by atoms with Crippen LogP contribution in [0, 0.1) is 0 Å². The Morgan fingerprint density at radius 3 is 0.833 bits per heavy atom. The molecule has 3 heterocycles. The van der Waals surface area contributed by atoms with Gasteiger partial charge in [-0.25, -0.2) is 0 Å². The van der Waals surface area contributed by atoms with Gasteiger partial charge in [0.1, 0.15) is 51.7 Å². The standard InChI is InChI=1S/C80H59O9P3.C4H8/c1-3-20-54-22-17-24-56(78(54)84-60-40-46-63(47-41-60)90(81)75-37-14-8-31-69(75)66-28-5-11-34-72(66)87-90)52-58-26-19-27-59(80(58)86-62-44-50-65(51-45-62)92(83)77-39-16-10-33-71(77)68-30-7-13-36-74(68)89-92)53-57-25-18-23-55(21-4-2)79(57)85-61-42-48-64(49-43-61)91(82)76-38-15-9-32-70(76)67-29-6-12-35-73(67)88-91;1-3-4-2/h3-19,22-51H,1-2,20-21,52-53H2;3H,1,4H2,2H3. The first kappa shape index (κ1) is 62.8. The summed E-state index contributed by atoms with van der Waals surface area (Å²) in [4.78, 5) is 0. The highest BCUT2D eigenvalue weighted by Crippen LogP contribution is 2.57. The molecule has 3 atom stereocenters. The summed E-state index contributed by atoms with van der Waals surface area (Å²) in [5, 5.41) is 3.57. The van der Waals surface area contributed by atoms with Crippen LogP contribution in [0.15, 0.2) is 311 Å². The van der Waals surface area contributed by atoms with E-state index in [9.17, 15) is 0 Å². The van der Waals surface area contributed by atoms with Gasteiger partial charge in [0, 0.05) is 29.5 Å². The second-order valence-electron chi connectivity index (χ2n) is 23.5. The second-order valence-corrected chi connectivity index (χ2v) is 30.4. The molecule has 3 unspecified atom stereocenters. The van der Waals surface area contributed by atoms with Gasteiger partial charge in [-0.3, -0.25) is 13.7 Å². The Morgan fingerprint density at radius 2 is 0.552 bits per heavy atom. The fraction of sp³-hybridized carbons (Fsp3) is 0.0714. The molecule has 12 aromatic rings. The van der Waals surface area contributed by atoms with Gasteiger partial charge in [-0.15, -0.1) is 19.7 Å². The van der Waals surface area contributed by atoms with Gasteiger partial charge in [-0.2, -0.15) is 0 Å². The Morgan fingerprint density at radius 1 is 0.302 bits per heavy atom. The molecule has 0 N–H and O–H groups in total. The van der Waals surface area contributed by atoms with Gasteiger partial charge in [0.25, 0.3) is 0 Å². The van der Waals surface area contributed by atoms with Crippen molar-refractivity contribution in [3.63, 3.8) is 0 Å². The first-order valence-electron chi connectivity index (χ1n) is 32.0. The zero-order valence-electron chi connectivity index (χ0n) is 52.9. The van der Waals surface area contributed by atoms with Crippen molar-refractivity contribution in [2.75, 3.05) is 0 Å². The first-order valence-corrected chi connectivity index (χ1v) is 36.8. The quantitative estimate of drug-likeness (QED) is 0.0613. The van der Waals surface area contributed by atoms with Crippen LogP contribution in [0.5, 0.6) is 51.7 Å². The van der Waals surface area contributed by atoms with E-state index in [1.807, 2.05) is 267 Å². The lowest BCUT2D eigenvalue weighted by atomic mass is 9.94. The molecule has 0 bridgehead atoms. The Hall–Kier alpha value is -10.7. The van der Waals surface area contributed by atoms with E-state index >= 15 is 13.7 Å². The third kappa shape index (κ3) is 12.0. The molecule has 0 radical (unpaired) electrons. The van der Waals surface area contributed by atoms with Crippen LogP contribution in [-0.2, 0) is 39.4 Å². The van der Waals surface area contributed by atoms with Crippen LogP contribution < -0.4 is 59.6 Å². The Balaban J connectivity index is 0.00000193. The smallest absolute Gasteiger partial charge is 0.307 e. The molecule has 0 saturated heterocycles. The predicted molar refractivity (Wildman–Crippen MR) is 391 cm³/mol. The van der Waals surface area contributed by atoms with Gasteiger partial charge in [0.05, 0.1) is 31.8 Å². The van der Waals surface area contributed by atoms with Crippen molar-refractivity contribution in [1.29, 1.82) is 0 Å². The summed E-state index contributed by atoms with van der Waals surface area (Å²) in [7, 11) is -10.7. The minimum absolute atomic E-state index is 0.383. The zero-order chi connectivity index (χ0) is 65.8. The third-order valence-corrected chi connectivity index (χ3v) is 24.7. The Bertz CT molecular complexity index is 4880. The number of para-hydroxylation sites is 6. The molecule has 9 nitrogen and oxygen atoms in total. The summed E-state index contributed by atoms with van der Waals surface area (Å²) < 4.78 is 86.0. The van der Waals surface area contributed by atoms with E-state index in [2.05, 4.69) is 50.9 Å². The molecular weight excluding hydrogens is 1250 g/mol. The van der Waals surface area contributed by atoms with Crippen LogP contribution >= 0.6 is 22.1 Å². The molecule has 15 rings (SSSR count). The highest BCUT2D eigenvalue weighted by Gasteiger charge is 2.41. The van der Waals surface area contributed by atoms with Crippen LogP contribution in [0.25, 0.3) is 33.4 Å². The molecule has 3 aliphatic heterocycles. The van der Waals surface area contributed by atoms with Gasteiger partial charge in [-0.05, 0) is 179 Å². The predicted octanol–water partition coefficient (Wildman–Crippen LogP) is 20.1.